The van der Waals surface area contributed by atoms with E-state index in [4.69, 9.17) is 5.11 Å². The highest BCUT2D eigenvalue weighted by atomic mass is 32.2. The molecule has 82 valence electrons. The van der Waals surface area contributed by atoms with Crippen LogP contribution >= 0.6 is 11.8 Å². The van der Waals surface area contributed by atoms with E-state index in [9.17, 15) is 9.18 Å². The van der Waals surface area contributed by atoms with Crippen LogP contribution in [0.3, 0.4) is 0 Å². The van der Waals surface area contributed by atoms with E-state index in [2.05, 4.69) is 9.97 Å². The molecule has 0 aliphatic carbocycles. The van der Waals surface area contributed by atoms with Gasteiger partial charge in [-0.3, -0.25) is 0 Å². The smallest absolute Gasteiger partial charge is 0.349 e. The van der Waals surface area contributed by atoms with Gasteiger partial charge in [0.15, 0.2) is 0 Å². The lowest BCUT2D eigenvalue weighted by atomic mass is 10.2. The third-order valence-electron chi connectivity index (χ3n) is 1.92. The van der Waals surface area contributed by atoms with Gasteiger partial charge in [-0.25, -0.2) is 19.2 Å². The van der Waals surface area contributed by atoms with Crippen LogP contribution in [0, 0.1) is 0 Å². The van der Waals surface area contributed by atoms with E-state index in [1.165, 1.54) is 6.33 Å². The molecule has 1 N–H and O–H groups in total. The van der Waals surface area contributed by atoms with E-state index in [0.717, 1.165) is 0 Å². The average Bonchev–Trinajstić information content (AvgIpc) is 2.29. The number of aromatic nitrogens is 2. The summed E-state index contributed by atoms with van der Waals surface area (Å²) in [6.07, 6.45) is 1.29. The maximum Gasteiger partial charge on any atom is 0.349 e. The second kappa shape index (κ2) is 4.44. The molecular weight excluding hydrogens is 231 g/mol. The fourth-order valence-corrected chi connectivity index (χ4v) is 1.93. The SMILES string of the molecule is O=C(O)C(F)Sc1ncnc2ccccc12. The number of nitrogens with zero attached hydrogens (tertiary/aromatic N) is 2. The number of hydrogen-bond acceptors (Lipinski definition) is 4. The minimum Gasteiger partial charge on any atom is -0.478 e. The molecule has 1 unspecified atom stereocenters. The van der Waals surface area contributed by atoms with Crippen LogP contribution in [0.25, 0.3) is 10.9 Å². The molecule has 0 spiro atoms. The zero-order valence-corrected chi connectivity index (χ0v) is 8.82. The van der Waals surface area contributed by atoms with Gasteiger partial charge in [0.1, 0.15) is 11.4 Å². The van der Waals surface area contributed by atoms with E-state index >= 15 is 0 Å². The van der Waals surface area contributed by atoms with Crippen molar-refractivity contribution in [2.45, 2.75) is 10.5 Å². The Morgan fingerprint density at radius 1 is 1.38 bits per heavy atom. The number of alkyl halides is 1. The van der Waals surface area contributed by atoms with Crippen LogP contribution in [0.5, 0.6) is 0 Å². The highest BCUT2D eigenvalue weighted by Gasteiger charge is 2.19. The number of benzene rings is 1. The third-order valence-corrected chi connectivity index (χ3v) is 2.87. The van der Waals surface area contributed by atoms with Crippen molar-refractivity contribution in [3.05, 3.63) is 30.6 Å². The third kappa shape index (κ3) is 2.11. The van der Waals surface area contributed by atoms with Crippen molar-refractivity contribution >= 4 is 28.6 Å². The van der Waals surface area contributed by atoms with E-state index in [0.29, 0.717) is 27.7 Å². The van der Waals surface area contributed by atoms with Gasteiger partial charge in [-0.05, 0) is 6.07 Å². The van der Waals surface area contributed by atoms with Crippen molar-refractivity contribution in [1.29, 1.82) is 0 Å². The summed E-state index contributed by atoms with van der Waals surface area (Å²) < 4.78 is 13.0. The van der Waals surface area contributed by atoms with Gasteiger partial charge in [-0.1, -0.05) is 30.0 Å². The molecule has 2 rings (SSSR count). The summed E-state index contributed by atoms with van der Waals surface area (Å²) in [5.41, 5.74) is -1.35. The van der Waals surface area contributed by atoms with Gasteiger partial charge < -0.3 is 5.11 Å². The molecule has 0 radical (unpaired) electrons. The molecule has 16 heavy (non-hydrogen) atoms. The molecule has 6 heteroatoms. The Labute approximate surface area is 94.5 Å². The van der Waals surface area contributed by atoms with Gasteiger partial charge in [0.05, 0.1) is 5.52 Å². The second-order valence-electron chi connectivity index (χ2n) is 2.97. The first kappa shape index (κ1) is 10.8. The topological polar surface area (TPSA) is 63.1 Å². The Kier molecular flexibility index (Phi) is 3.00. The molecule has 2 aromatic rings. The number of aliphatic carboxylic acids is 1. The molecule has 0 aliphatic heterocycles. The number of fused-ring (bicyclic) bond motifs is 1. The van der Waals surface area contributed by atoms with Crippen LogP contribution in [-0.2, 0) is 4.79 Å². The highest BCUT2D eigenvalue weighted by molar-refractivity contribution is 8.00. The number of carboxylic acids is 1. The normalized spacial score (nSPS) is 12.6. The summed E-state index contributed by atoms with van der Waals surface area (Å²) >= 11 is 0.564. The number of carboxylic acid groups (broad SMARTS) is 1. The molecule has 4 nitrogen and oxygen atoms in total. The van der Waals surface area contributed by atoms with Gasteiger partial charge in [0.25, 0.3) is 0 Å². The van der Waals surface area contributed by atoms with Crippen LogP contribution in [-0.4, -0.2) is 26.5 Å². The molecule has 0 amide bonds. The van der Waals surface area contributed by atoms with Crippen LogP contribution < -0.4 is 0 Å². The predicted molar refractivity (Wildman–Crippen MR) is 57.9 cm³/mol. The molecule has 1 aromatic carbocycles. The fraction of sp³-hybridized carbons (Fsp3) is 0.100. The fourth-order valence-electron chi connectivity index (χ4n) is 1.22. The van der Waals surface area contributed by atoms with E-state index in [1.807, 2.05) is 0 Å². The molecule has 1 aromatic heterocycles. The largest absolute Gasteiger partial charge is 0.478 e. The number of thioether (sulfide) groups is 1. The number of halogens is 1. The number of para-hydroxylation sites is 1. The van der Waals surface area contributed by atoms with Crippen LogP contribution in [0.2, 0.25) is 0 Å². The molecule has 0 saturated carbocycles. The standard InChI is InChI=1S/C10H7FN2O2S/c11-8(10(14)15)16-9-6-3-1-2-4-7(6)12-5-13-9/h1-5,8H,(H,14,15). The lowest BCUT2D eigenvalue weighted by molar-refractivity contribution is -0.139. The molecular formula is C10H7FN2O2S. The monoisotopic (exact) mass is 238 g/mol. The lowest BCUT2D eigenvalue weighted by Crippen LogP contribution is -2.10. The van der Waals surface area contributed by atoms with Crippen molar-refractivity contribution < 1.29 is 14.3 Å². The minimum atomic E-state index is -2.02. The Morgan fingerprint density at radius 3 is 2.88 bits per heavy atom. The number of rotatable bonds is 3. The zero-order valence-electron chi connectivity index (χ0n) is 8.00. The summed E-state index contributed by atoms with van der Waals surface area (Å²) in [4.78, 5) is 18.3. The average molecular weight is 238 g/mol. The highest BCUT2D eigenvalue weighted by Crippen LogP contribution is 2.28. The van der Waals surface area contributed by atoms with Crippen LogP contribution in [0.4, 0.5) is 4.39 Å². The zero-order chi connectivity index (χ0) is 11.5. The van der Waals surface area contributed by atoms with Crippen LogP contribution in [0.15, 0.2) is 35.6 Å². The molecule has 1 atom stereocenters. The maximum absolute atomic E-state index is 13.0. The summed E-state index contributed by atoms with van der Waals surface area (Å²) in [6, 6.07) is 7.05. The number of carbonyl (C=O) groups is 1. The molecule has 0 aliphatic rings. The molecule has 0 saturated heterocycles. The van der Waals surface area contributed by atoms with E-state index in [-0.39, 0.29) is 0 Å². The predicted octanol–water partition coefficient (Wildman–Crippen LogP) is 2.10. The first-order chi connectivity index (χ1) is 7.68. The van der Waals surface area contributed by atoms with Crippen molar-refractivity contribution in [2.24, 2.45) is 0 Å². The van der Waals surface area contributed by atoms with Gasteiger partial charge in [0, 0.05) is 5.39 Å². The van der Waals surface area contributed by atoms with Crippen LogP contribution in [0.1, 0.15) is 0 Å². The maximum atomic E-state index is 13.0. The molecule has 0 bridgehead atoms. The first-order valence-corrected chi connectivity index (χ1v) is 5.30. The Hall–Kier alpha value is -1.69. The quantitative estimate of drug-likeness (QED) is 0.655. The van der Waals surface area contributed by atoms with Crippen molar-refractivity contribution in [2.75, 3.05) is 0 Å². The van der Waals surface area contributed by atoms with E-state index < -0.39 is 11.5 Å². The van der Waals surface area contributed by atoms with Crippen molar-refractivity contribution in [3.8, 4) is 0 Å². The van der Waals surface area contributed by atoms with Crippen molar-refractivity contribution in [1.82, 2.24) is 9.97 Å². The summed E-state index contributed by atoms with van der Waals surface area (Å²) in [6.45, 7) is 0. The Balaban J connectivity index is 2.41. The summed E-state index contributed by atoms with van der Waals surface area (Å²) in [5.74, 6) is -1.51. The van der Waals surface area contributed by atoms with Gasteiger partial charge in [0.2, 0.25) is 5.50 Å². The summed E-state index contributed by atoms with van der Waals surface area (Å²) in [7, 11) is 0. The van der Waals surface area contributed by atoms with Gasteiger partial charge >= 0.3 is 5.97 Å². The lowest BCUT2D eigenvalue weighted by Gasteiger charge is -2.04. The van der Waals surface area contributed by atoms with E-state index in [1.54, 1.807) is 24.3 Å². The Morgan fingerprint density at radius 2 is 2.12 bits per heavy atom. The second-order valence-corrected chi connectivity index (χ2v) is 4.00. The first-order valence-electron chi connectivity index (χ1n) is 4.42. The van der Waals surface area contributed by atoms with Crippen molar-refractivity contribution in [3.63, 3.8) is 0 Å². The minimum absolute atomic E-state index is 0.334. The molecule has 1 heterocycles. The Bertz CT molecular complexity index is 530. The van der Waals surface area contributed by atoms with Gasteiger partial charge in [-0.15, -0.1) is 0 Å². The summed E-state index contributed by atoms with van der Waals surface area (Å²) in [5, 5.41) is 9.46. The van der Waals surface area contributed by atoms with Gasteiger partial charge in [-0.2, -0.15) is 0 Å². The molecule has 0 fully saturated rings. The number of hydrogen-bond donors (Lipinski definition) is 1.